The van der Waals surface area contributed by atoms with Gasteiger partial charge in [0.05, 0.1) is 0 Å². The predicted octanol–water partition coefficient (Wildman–Crippen LogP) is 4.01. The van der Waals surface area contributed by atoms with Gasteiger partial charge in [-0.3, -0.25) is 4.98 Å². The van der Waals surface area contributed by atoms with Gasteiger partial charge >= 0.3 is 0 Å². The van der Waals surface area contributed by atoms with E-state index >= 15 is 0 Å². The van der Waals surface area contributed by atoms with Crippen LogP contribution in [0.1, 0.15) is 35.3 Å². The van der Waals surface area contributed by atoms with E-state index in [9.17, 15) is 0 Å². The highest BCUT2D eigenvalue weighted by atomic mass is 14.9. The largest absolute Gasteiger partial charge is 0.306 e. The molecule has 4 nitrogen and oxygen atoms in total. The van der Waals surface area contributed by atoms with Crippen molar-refractivity contribution in [3.63, 3.8) is 0 Å². The molecule has 1 N–H and O–H groups in total. The first-order valence-electron chi connectivity index (χ1n) is 8.17. The zero-order valence-corrected chi connectivity index (χ0v) is 14.3. The van der Waals surface area contributed by atoms with E-state index in [0.717, 1.165) is 29.2 Å². The molecule has 1 aromatic carbocycles. The molecule has 0 aliphatic carbocycles. The van der Waals surface area contributed by atoms with Crippen LogP contribution in [0, 0.1) is 13.8 Å². The Hall–Kier alpha value is -2.59. The van der Waals surface area contributed by atoms with Crippen LogP contribution in [0.4, 0.5) is 0 Å². The fourth-order valence-corrected chi connectivity index (χ4v) is 2.72. The monoisotopic (exact) mass is 318 g/mol. The molecule has 1 atom stereocenters. The lowest BCUT2D eigenvalue weighted by molar-refractivity contribution is 0.566. The second kappa shape index (κ2) is 7.32. The Morgan fingerprint density at radius 3 is 2.50 bits per heavy atom. The summed E-state index contributed by atoms with van der Waals surface area (Å²) in [6.45, 7) is 7.16. The molecule has 0 spiro atoms. The Balaban J connectivity index is 1.73. The molecule has 0 radical (unpaired) electrons. The predicted molar refractivity (Wildman–Crippen MR) is 96.4 cm³/mol. The van der Waals surface area contributed by atoms with Crippen molar-refractivity contribution in [3.05, 3.63) is 77.4 Å². The van der Waals surface area contributed by atoms with Gasteiger partial charge in [-0.15, -0.1) is 0 Å². The van der Waals surface area contributed by atoms with Crippen LogP contribution in [0.3, 0.4) is 0 Å². The fraction of sp³-hybridized carbons (Fsp3) is 0.250. The van der Waals surface area contributed by atoms with Gasteiger partial charge in [-0.2, -0.15) is 0 Å². The van der Waals surface area contributed by atoms with E-state index in [-0.39, 0.29) is 6.04 Å². The first kappa shape index (κ1) is 16.3. The smallest absolute Gasteiger partial charge is 0.159 e. The Kier molecular flexibility index (Phi) is 4.96. The minimum Gasteiger partial charge on any atom is -0.306 e. The van der Waals surface area contributed by atoms with Crippen LogP contribution in [-0.2, 0) is 6.54 Å². The van der Waals surface area contributed by atoms with Gasteiger partial charge in [-0.05, 0) is 44.0 Å². The van der Waals surface area contributed by atoms with Crippen molar-refractivity contribution >= 4 is 0 Å². The van der Waals surface area contributed by atoms with Crippen LogP contribution in [0.5, 0.6) is 0 Å². The molecular weight excluding hydrogens is 296 g/mol. The van der Waals surface area contributed by atoms with Gasteiger partial charge < -0.3 is 5.32 Å². The van der Waals surface area contributed by atoms with Crippen molar-refractivity contribution in [1.29, 1.82) is 0 Å². The summed E-state index contributed by atoms with van der Waals surface area (Å²) in [4.78, 5) is 13.2. The third-order valence-corrected chi connectivity index (χ3v) is 4.28. The minimum atomic E-state index is 0.191. The minimum absolute atomic E-state index is 0.191. The van der Waals surface area contributed by atoms with Gasteiger partial charge in [-0.25, -0.2) is 9.97 Å². The molecule has 0 aliphatic heterocycles. The van der Waals surface area contributed by atoms with Crippen molar-refractivity contribution in [2.75, 3.05) is 0 Å². The first-order chi connectivity index (χ1) is 11.6. The lowest BCUT2D eigenvalue weighted by atomic mass is 10.1. The normalized spacial score (nSPS) is 12.1. The highest BCUT2D eigenvalue weighted by molar-refractivity contribution is 5.53. The number of aryl methyl sites for hydroxylation is 2. The van der Waals surface area contributed by atoms with Crippen molar-refractivity contribution in [2.24, 2.45) is 0 Å². The summed E-state index contributed by atoms with van der Waals surface area (Å²) in [5.74, 6) is 0.741. The maximum Gasteiger partial charge on any atom is 0.159 e. The van der Waals surface area contributed by atoms with Gasteiger partial charge in [0, 0.05) is 48.0 Å². The van der Waals surface area contributed by atoms with E-state index in [1.807, 2.05) is 25.3 Å². The average molecular weight is 318 g/mol. The summed E-state index contributed by atoms with van der Waals surface area (Å²) in [5.41, 5.74) is 5.73. The summed E-state index contributed by atoms with van der Waals surface area (Å²) >= 11 is 0. The number of aromatic nitrogens is 3. The molecule has 0 saturated heterocycles. The molecule has 0 aliphatic rings. The van der Waals surface area contributed by atoms with Crippen LogP contribution in [-0.4, -0.2) is 15.0 Å². The topological polar surface area (TPSA) is 50.7 Å². The van der Waals surface area contributed by atoms with Crippen LogP contribution in [0.15, 0.2) is 55.0 Å². The molecule has 2 aromatic heterocycles. The number of benzene rings is 1. The molecule has 1 unspecified atom stereocenters. The lowest BCUT2D eigenvalue weighted by Crippen LogP contribution is -2.20. The number of hydrogen-bond acceptors (Lipinski definition) is 4. The molecule has 122 valence electrons. The van der Waals surface area contributed by atoms with Gasteiger partial charge in [0.2, 0.25) is 0 Å². The first-order valence-corrected chi connectivity index (χ1v) is 8.17. The van der Waals surface area contributed by atoms with E-state index in [1.54, 1.807) is 12.4 Å². The number of pyridine rings is 1. The number of hydrogen-bond donors (Lipinski definition) is 1. The molecule has 3 aromatic rings. The highest BCUT2D eigenvalue weighted by Crippen LogP contribution is 2.20. The Morgan fingerprint density at radius 2 is 1.79 bits per heavy atom. The van der Waals surface area contributed by atoms with Gasteiger partial charge in [0.15, 0.2) is 5.82 Å². The summed E-state index contributed by atoms with van der Waals surface area (Å²) in [6.07, 6.45) is 5.44. The van der Waals surface area contributed by atoms with E-state index in [4.69, 9.17) is 0 Å². The summed E-state index contributed by atoms with van der Waals surface area (Å²) < 4.78 is 0. The summed E-state index contributed by atoms with van der Waals surface area (Å²) in [7, 11) is 0. The van der Waals surface area contributed by atoms with Crippen LogP contribution in [0.25, 0.3) is 11.4 Å². The Bertz CT molecular complexity index is 815. The Morgan fingerprint density at radius 1 is 1.04 bits per heavy atom. The third-order valence-electron chi connectivity index (χ3n) is 4.28. The zero-order chi connectivity index (χ0) is 16.9. The second-order valence-electron chi connectivity index (χ2n) is 6.00. The van der Waals surface area contributed by atoms with Crippen LogP contribution in [0.2, 0.25) is 0 Å². The van der Waals surface area contributed by atoms with Crippen LogP contribution >= 0.6 is 0 Å². The van der Waals surface area contributed by atoms with E-state index in [0.29, 0.717) is 0 Å². The van der Waals surface area contributed by atoms with Crippen molar-refractivity contribution in [3.8, 4) is 11.4 Å². The third kappa shape index (κ3) is 3.66. The number of nitrogens with one attached hydrogen (secondary N) is 1. The molecule has 0 saturated carbocycles. The number of rotatable bonds is 5. The van der Waals surface area contributed by atoms with Crippen LogP contribution < -0.4 is 5.32 Å². The van der Waals surface area contributed by atoms with Crippen molar-refractivity contribution in [2.45, 2.75) is 33.4 Å². The molecule has 4 heteroatoms. The van der Waals surface area contributed by atoms with Gasteiger partial charge in [-0.1, -0.05) is 24.3 Å². The standard InChI is InChI=1S/C20H22N4/c1-14-6-4-5-7-18(14)12-22-15(2)19-13-23-20(24-16(19)3)17-8-10-21-11-9-17/h4-11,13,15,22H,12H2,1-3H3. The van der Waals surface area contributed by atoms with E-state index in [2.05, 4.69) is 58.4 Å². The molecule has 2 heterocycles. The molecule has 0 bridgehead atoms. The van der Waals surface area contributed by atoms with Crippen molar-refractivity contribution < 1.29 is 0 Å². The molecule has 3 rings (SSSR count). The quantitative estimate of drug-likeness (QED) is 0.772. The maximum atomic E-state index is 4.66. The average Bonchev–Trinajstić information content (AvgIpc) is 2.61. The Labute approximate surface area is 143 Å². The second-order valence-corrected chi connectivity index (χ2v) is 6.00. The van der Waals surface area contributed by atoms with E-state index < -0.39 is 0 Å². The molecular formula is C20H22N4. The highest BCUT2D eigenvalue weighted by Gasteiger charge is 2.12. The maximum absolute atomic E-state index is 4.66. The summed E-state index contributed by atoms with van der Waals surface area (Å²) in [6, 6.07) is 12.5. The summed E-state index contributed by atoms with van der Waals surface area (Å²) in [5, 5.41) is 3.57. The van der Waals surface area contributed by atoms with Gasteiger partial charge in [0.25, 0.3) is 0 Å². The number of nitrogens with zero attached hydrogens (tertiary/aromatic N) is 3. The molecule has 24 heavy (non-hydrogen) atoms. The zero-order valence-electron chi connectivity index (χ0n) is 14.3. The van der Waals surface area contributed by atoms with Gasteiger partial charge in [0.1, 0.15) is 0 Å². The molecule has 0 amide bonds. The lowest BCUT2D eigenvalue weighted by Gasteiger charge is -2.17. The SMILES string of the molecule is Cc1ccccc1CNC(C)c1cnc(-c2ccncc2)nc1C. The molecule has 0 fully saturated rings. The fourth-order valence-electron chi connectivity index (χ4n) is 2.72. The van der Waals surface area contributed by atoms with Crippen molar-refractivity contribution in [1.82, 2.24) is 20.3 Å². The van der Waals surface area contributed by atoms with E-state index in [1.165, 1.54) is 11.1 Å².